The molecule has 208 valence electrons. The second-order valence-electron chi connectivity index (χ2n) is 11.1. The van der Waals surface area contributed by atoms with Gasteiger partial charge >= 0.3 is 17.9 Å². The van der Waals surface area contributed by atoms with Crippen LogP contribution in [0.3, 0.4) is 0 Å². The summed E-state index contributed by atoms with van der Waals surface area (Å²) in [6.45, 7) is 7.51. The number of hydrogen-bond acceptors (Lipinski definition) is 7. The average Bonchev–Trinajstić information content (AvgIpc) is 3.32. The molecule has 8 nitrogen and oxygen atoms in total. The first-order chi connectivity index (χ1) is 17.8. The summed E-state index contributed by atoms with van der Waals surface area (Å²) in [6.07, 6.45) is 1.15. The maximum absolute atomic E-state index is 15.2. The third-order valence-electron chi connectivity index (χ3n) is 8.12. The largest absolute Gasteiger partial charge is 0.479 e. The highest BCUT2D eigenvalue weighted by atomic mass is 19.1. The zero-order chi connectivity index (χ0) is 27.8. The van der Waals surface area contributed by atoms with Crippen LogP contribution in [0.1, 0.15) is 57.9 Å². The highest BCUT2D eigenvalue weighted by Gasteiger charge is 2.85. The normalized spacial score (nSPS) is 34.8. The molecule has 0 aliphatic heterocycles. The number of carbonyl (C=O) groups excluding carboxylic acids is 2. The minimum Gasteiger partial charge on any atom is -0.479 e. The molecule has 0 aromatic heterocycles. The Kier molecular flexibility index (Phi) is 7.95. The highest BCUT2D eigenvalue weighted by molar-refractivity contribution is 5.91. The van der Waals surface area contributed by atoms with E-state index in [2.05, 4.69) is 13.5 Å². The van der Waals surface area contributed by atoms with Crippen LogP contribution in [0.4, 0.5) is 8.78 Å². The Bertz CT molecular complexity index is 1100. The van der Waals surface area contributed by atoms with Crippen molar-refractivity contribution in [1.82, 2.24) is 0 Å². The van der Waals surface area contributed by atoms with Gasteiger partial charge in [0.15, 0.2) is 0 Å². The summed E-state index contributed by atoms with van der Waals surface area (Å²) in [5, 5.41) is 9.42. The van der Waals surface area contributed by atoms with Crippen molar-refractivity contribution in [2.75, 3.05) is 0 Å². The first-order valence-electron chi connectivity index (χ1n) is 13.0. The molecule has 3 aliphatic rings. The van der Waals surface area contributed by atoms with Gasteiger partial charge in [0.1, 0.15) is 11.4 Å². The van der Waals surface area contributed by atoms with Crippen LogP contribution < -0.4 is 5.73 Å². The second-order valence-corrected chi connectivity index (χ2v) is 11.1. The molecule has 3 aliphatic carbocycles. The molecule has 38 heavy (non-hydrogen) atoms. The summed E-state index contributed by atoms with van der Waals surface area (Å²) in [5.74, 6) is -5.32. The summed E-state index contributed by atoms with van der Waals surface area (Å²) >= 11 is 0. The van der Waals surface area contributed by atoms with Crippen LogP contribution in [0.2, 0.25) is 0 Å². The van der Waals surface area contributed by atoms with Gasteiger partial charge in [-0.15, -0.1) is 0 Å². The van der Waals surface area contributed by atoms with Crippen molar-refractivity contribution < 1.29 is 42.5 Å². The van der Waals surface area contributed by atoms with Crippen LogP contribution in [0.25, 0.3) is 0 Å². The number of halogens is 2. The SMILES string of the molecule is C=C1CC(C)CC(CCC(=O)O[C@H](C)OC(=O)[C@@]2(N)C3[C@@H](C[C@H]2OCc2ccc(F)cc2)[C@]3(F)C(=O)O)C1. The third-order valence-corrected chi connectivity index (χ3v) is 8.12. The Hall–Kier alpha value is -2.85. The summed E-state index contributed by atoms with van der Waals surface area (Å²) in [7, 11) is 0. The number of carboxylic acid groups (broad SMARTS) is 1. The van der Waals surface area contributed by atoms with Crippen LogP contribution >= 0.6 is 0 Å². The third kappa shape index (κ3) is 5.47. The number of nitrogens with two attached hydrogens (primary N) is 1. The van der Waals surface area contributed by atoms with Crippen molar-refractivity contribution in [2.24, 2.45) is 29.4 Å². The van der Waals surface area contributed by atoms with E-state index in [0.29, 0.717) is 23.8 Å². The number of benzene rings is 1. The van der Waals surface area contributed by atoms with Crippen molar-refractivity contribution in [3.8, 4) is 0 Å². The van der Waals surface area contributed by atoms with E-state index in [1.54, 1.807) is 0 Å². The lowest BCUT2D eigenvalue weighted by atomic mass is 9.78. The molecule has 0 spiro atoms. The van der Waals surface area contributed by atoms with E-state index in [1.165, 1.54) is 36.8 Å². The van der Waals surface area contributed by atoms with Gasteiger partial charge < -0.3 is 25.1 Å². The van der Waals surface area contributed by atoms with Crippen molar-refractivity contribution in [1.29, 1.82) is 0 Å². The molecule has 8 atom stereocenters. The molecule has 4 rings (SSSR count). The summed E-state index contributed by atoms with van der Waals surface area (Å²) in [5.41, 5.74) is 3.36. The molecule has 3 N–H and O–H groups in total. The van der Waals surface area contributed by atoms with Gasteiger partial charge in [-0.05, 0) is 61.6 Å². The van der Waals surface area contributed by atoms with Crippen LogP contribution in [0.5, 0.6) is 0 Å². The highest BCUT2D eigenvalue weighted by Crippen LogP contribution is 2.67. The Morgan fingerprint density at radius 2 is 1.87 bits per heavy atom. The van der Waals surface area contributed by atoms with E-state index in [-0.39, 0.29) is 19.4 Å². The predicted octanol–water partition coefficient (Wildman–Crippen LogP) is 4.06. The monoisotopic (exact) mass is 535 g/mol. The number of ether oxygens (including phenoxy) is 3. The van der Waals surface area contributed by atoms with E-state index in [0.717, 1.165) is 19.3 Å². The van der Waals surface area contributed by atoms with Gasteiger partial charge in [0.2, 0.25) is 12.0 Å². The molecule has 3 unspecified atom stereocenters. The maximum Gasteiger partial charge on any atom is 0.342 e. The molecule has 0 amide bonds. The predicted molar refractivity (Wildman–Crippen MR) is 131 cm³/mol. The number of aliphatic carboxylic acids is 1. The van der Waals surface area contributed by atoms with E-state index in [4.69, 9.17) is 19.9 Å². The van der Waals surface area contributed by atoms with Crippen LogP contribution in [0, 0.1) is 29.5 Å². The van der Waals surface area contributed by atoms with Gasteiger partial charge in [0, 0.05) is 25.2 Å². The fourth-order valence-corrected chi connectivity index (χ4v) is 6.36. The molecule has 0 radical (unpaired) electrons. The second kappa shape index (κ2) is 10.7. The van der Waals surface area contributed by atoms with Crippen LogP contribution in [0.15, 0.2) is 36.4 Å². The fourth-order valence-electron chi connectivity index (χ4n) is 6.36. The molecule has 0 saturated heterocycles. The van der Waals surface area contributed by atoms with Crippen molar-refractivity contribution in [3.05, 3.63) is 47.8 Å². The number of carboxylic acids is 1. The van der Waals surface area contributed by atoms with Gasteiger partial charge in [0.05, 0.1) is 12.7 Å². The summed E-state index contributed by atoms with van der Waals surface area (Å²) in [4.78, 5) is 37.2. The number of alkyl halides is 1. The lowest BCUT2D eigenvalue weighted by Gasteiger charge is -2.34. The topological polar surface area (TPSA) is 125 Å². The molecule has 0 heterocycles. The van der Waals surface area contributed by atoms with Gasteiger partial charge in [-0.25, -0.2) is 18.4 Å². The molecule has 0 bridgehead atoms. The Balaban J connectivity index is 1.36. The number of allylic oxidation sites excluding steroid dienone is 1. The molecule has 1 aromatic carbocycles. The van der Waals surface area contributed by atoms with Gasteiger partial charge in [0.25, 0.3) is 0 Å². The molecule has 1 aromatic rings. The van der Waals surface area contributed by atoms with Crippen molar-refractivity contribution in [3.63, 3.8) is 0 Å². The lowest BCUT2D eigenvalue weighted by molar-refractivity contribution is -0.193. The first kappa shape index (κ1) is 28.2. The summed E-state index contributed by atoms with van der Waals surface area (Å²) in [6, 6.07) is 5.47. The Labute approximate surface area is 220 Å². The number of hydrogen-bond donors (Lipinski definition) is 2. The van der Waals surface area contributed by atoms with Gasteiger partial charge in [-0.1, -0.05) is 31.2 Å². The Morgan fingerprint density at radius 1 is 1.18 bits per heavy atom. The Morgan fingerprint density at radius 3 is 2.50 bits per heavy atom. The van der Waals surface area contributed by atoms with E-state index in [9.17, 15) is 23.9 Å². The number of esters is 2. The minimum absolute atomic E-state index is 0.0558. The van der Waals surface area contributed by atoms with E-state index >= 15 is 4.39 Å². The number of fused-ring (bicyclic) bond motifs is 1. The van der Waals surface area contributed by atoms with E-state index < -0.39 is 59.2 Å². The first-order valence-corrected chi connectivity index (χ1v) is 13.0. The smallest absolute Gasteiger partial charge is 0.342 e. The zero-order valence-electron chi connectivity index (χ0n) is 21.7. The van der Waals surface area contributed by atoms with Crippen LogP contribution in [-0.2, 0) is 35.2 Å². The molecular weight excluding hydrogens is 500 g/mol. The quantitative estimate of drug-likeness (QED) is 0.261. The van der Waals surface area contributed by atoms with Crippen molar-refractivity contribution >= 4 is 17.9 Å². The number of rotatable bonds is 10. The molecular formula is C28H35F2NO7. The number of carbonyl (C=O) groups is 3. The fraction of sp³-hybridized carbons (Fsp3) is 0.607. The standard InChI is InChI=1S/C28H35F2NO7/c1-15-10-16(2)12-19(11-15)6-9-23(32)37-17(3)38-26(35)28(31)22(13-21-24(28)27(21,30)25(33)34)36-14-18-4-7-20(29)8-5-18/h4-5,7-8,16-17,19,21-22,24H,1,6,9-14,31H2,2-3H3,(H,33,34)/t16?,17-,19?,21+,22+,24?,27+,28-/m0/s1. The van der Waals surface area contributed by atoms with Crippen LogP contribution in [-0.4, -0.2) is 46.6 Å². The van der Waals surface area contributed by atoms with Crippen molar-refractivity contribution in [2.45, 2.75) is 82.6 Å². The van der Waals surface area contributed by atoms with E-state index in [1.807, 2.05) is 0 Å². The molecule has 10 heteroatoms. The zero-order valence-corrected chi connectivity index (χ0v) is 21.7. The lowest BCUT2D eigenvalue weighted by Crippen LogP contribution is -2.61. The van der Waals surface area contributed by atoms with Gasteiger partial charge in [-0.2, -0.15) is 0 Å². The van der Waals surface area contributed by atoms with Gasteiger partial charge in [-0.3, -0.25) is 4.79 Å². The maximum atomic E-state index is 15.2. The average molecular weight is 536 g/mol. The minimum atomic E-state index is -2.68. The molecule has 3 saturated carbocycles. The molecule has 3 fully saturated rings. The summed E-state index contributed by atoms with van der Waals surface area (Å²) < 4.78 is 44.7.